The Labute approximate surface area is 106 Å². The monoisotopic (exact) mass is 248 g/mol. The second-order valence-corrected chi connectivity index (χ2v) is 3.64. The van der Waals surface area contributed by atoms with Gasteiger partial charge in [-0.2, -0.15) is 0 Å². The van der Waals surface area contributed by atoms with Crippen LogP contribution in [0.5, 0.6) is 0 Å². The molecule has 1 rings (SSSR count). The zero-order valence-corrected chi connectivity index (χ0v) is 10.3. The van der Waals surface area contributed by atoms with Crippen LogP contribution in [0.2, 0.25) is 0 Å². The first kappa shape index (κ1) is 14.0. The largest absolute Gasteiger partial charge is 0.462 e. The first-order valence-corrected chi connectivity index (χ1v) is 5.72. The molecule has 18 heavy (non-hydrogen) atoms. The van der Waals surface area contributed by atoms with Crippen molar-refractivity contribution in [3.8, 4) is 0 Å². The SMILES string of the molecule is C=CC(=O)OCc1ccc(C(=O)OCCC)cc1. The Morgan fingerprint density at radius 2 is 1.89 bits per heavy atom. The number of carbonyl (C=O) groups is 2. The van der Waals surface area contributed by atoms with E-state index >= 15 is 0 Å². The third kappa shape index (κ3) is 4.41. The highest BCUT2D eigenvalue weighted by molar-refractivity contribution is 5.89. The first-order chi connectivity index (χ1) is 8.67. The Morgan fingerprint density at radius 3 is 2.44 bits per heavy atom. The quantitative estimate of drug-likeness (QED) is 0.573. The smallest absolute Gasteiger partial charge is 0.338 e. The lowest BCUT2D eigenvalue weighted by Gasteiger charge is -2.05. The van der Waals surface area contributed by atoms with Crippen molar-refractivity contribution in [2.45, 2.75) is 20.0 Å². The second kappa shape index (κ2) is 7.27. The maximum absolute atomic E-state index is 11.5. The minimum Gasteiger partial charge on any atom is -0.462 e. The second-order valence-electron chi connectivity index (χ2n) is 3.64. The van der Waals surface area contributed by atoms with Gasteiger partial charge in [0.05, 0.1) is 12.2 Å². The van der Waals surface area contributed by atoms with Gasteiger partial charge in [0, 0.05) is 6.08 Å². The molecule has 0 N–H and O–H groups in total. The van der Waals surface area contributed by atoms with Gasteiger partial charge in [-0.25, -0.2) is 9.59 Å². The molecule has 1 aromatic carbocycles. The maximum atomic E-state index is 11.5. The number of ether oxygens (including phenoxy) is 2. The van der Waals surface area contributed by atoms with Crippen molar-refractivity contribution in [1.29, 1.82) is 0 Å². The fraction of sp³-hybridized carbons (Fsp3) is 0.286. The summed E-state index contributed by atoms with van der Waals surface area (Å²) in [7, 11) is 0. The summed E-state index contributed by atoms with van der Waals surface area (Å²) in [6, 6.07) is 6.74. The Bertz CT molecular complexity index is 420. The predicted octanol–water partition coefficient (Wildman–Crippen LogP) is 2.48. The van der Waals surface area contributed by atoms with Gasteiger partial charge in [-0.15, -0.1) is 0 Å². The summed E-state index contributed by atoms with van der Waals surface area (Å²) in [5.74, 6) is -0.812. The molecule has 0 heterocycles. The van der Waals surface area contributed by atoms with Crippen LogP contribution < -0.4 is 0 Å². The van der Waals surface area contributed by atoms with E-state index < -0.39 is 5.97 Å². The highest BCUT2D eigenvalue weighted by Crippen LogP contribution is 2.07. The highest BCUT2D eigenvalue weighted by atomic mass is 16.5. The lowest BCUT2D eigenvalue weighted by Crippen LogP contribution is -2.06. The standard InChI is InChI=1S/C14H16O4/c1-3-9-17-14(16)12-7-5-11(6-8-12)10-18-13(15)4-2/h4-8H,2-3,9-10H2,1H3. The van der Waals surface area contributed by atoms with Crippen LogP contribution in [0.1, 0.15) is 29.3 Å². The minimum absolute atomic E-state index is 0.162. The average Bonchev–Trinajstić information content (AvgIpc) is 2.42. The molecule has 0 aliphatic carbocycles. The van der Waals surface area contributed by atoms with Crippen LogP contribution in [0.4, 0.5) is 0 Å². The molecule has 0 spiro atoms. The molecule has 1 aromatic rings. The molecule has 0 saturated heterocycles. The van der Waals surface area contributed by atoms with E-state index in [0.29, 0.717) is 12.2 Å². The fourth-order valence-electron chi connectivity index (χ4n) is 1.23. The van der Waals surface area contributed by atoms with Crippen molar-refractivity contribution in [1.82, 2.24) is 0 Å². The van der Waals surface area contributed by atoms with Crippen molar-refractivity contribution in [2.75, 3.05) is 6.61 Å². The van der Waals surface area contributed by atoms with Crippen LogP contribution >= 0.6 is 0 Å². The number of carbonyl (C=O) groups excluding carboxylic acids is 2. The zero-order chi connectivity index (χ0) is 13.4. The topological polar surface area (TPSA) is 52.6 Å². The minimum atomic E-state index is -0.471. The molecule has 4 nitrogen and oxygen atoms in total. The number of esters is 2. The molecule has 4 heteroatoms. The Hall–Kier alpha value is -2.10. The van der Waals surface area contributed by atoms with Crippen LogP contribution in [0.3, 0.4) is 0 Å². The van der Waals surface area contributed by atoms with E-state index in [9.17, 15) is 9.59 Å². The Balaban J connectivity index is 2.54. The number of benzene rings is 1. The van der Waals surface area contributed by atoms with Gasteiger partial charge in [-0.1, -0.05) is 25.6 Å². The summed E-state index contributed by atoms with van der Waals surface area (Å²) in [4.78, 5) is 22.4. The van der Waals surface area contributed by atoms with Crippen molar-refractivity contribution in [3.63, 3.8) is 0 Å². The number of hydrogen-bond acceptors (Lipinski definition) is 4. The summed E-state index contributed by atoms with van der Waals surface area (Å²) in [5, 5.41) is 0. The van der Waals surface area contributed by atoms with Crippen molar-refractivity contribution < 1.29 is 19.1 Å². The molecule has 0 amide bonds. The molecule has 0 fully saturated rings. The normalized spacial score (nSPS) is 9.61. The Morgan fingerprint density at radius 1 is 1.22 bits per heavy atom. The molecule has 0 radical (unpaired) electrons. The van der Waals surface area contributed by atoms with Crippen molar-refractivity contribution >= 4 is 11.9 Å². The van der Waals surface area contributed by atoms with Gasteiger partial charge >= 0.3 is 11.9 Å². The molecule has 0 bridgehead atoms. The van der Waals surface area contributed by atoms with Gasteiger partial charge in [0.15, 0.2) is 0 Å². The molecule has 0 atom stereocenters. The van der Waals surface area contributed by atoms with E-state index in [-0.39, 0.29) is 12.6 Å². The first-order valence-electron chi connectivity index (χ1n) is 5.72. The molecule has 0 aromatic heterocycles. The summed E-state index contributed by atoms with van der Waals surface area (Å²) < 4.78 is 9.86. The number of rotatable bonds is 6. The lowest BCUT2D eigenvalue weighted by atomic mass is 10.1. The van der Waals surface area contributed by atoms with Crippen LogP contribution in [0.25, 0.3) is 0 Å². The van der Waals surface area contributed by atoms with E-state index in [2.05, 4.69) is 6.58 Å². The van der Waals surface area contributed by atoms with E-state index in [1.165, 1.54) is 0 Å². The van der Waals surface area contributed by atoms with Crippen LogP contribution in [0.15, 0.2) is 36.9 Å². The van der Waals surface area contributed by atoms with Gasteiger partial charge in [0.2, 0.25) is 0 Å². The van der Waals surface area contributed by atoms with Crippen LogP contribution in [-0.4, -0.2) is 18.5 Å². The Kier molecular flexibility index (Phi) is 5.64. The van der Waals surface area contributed by atoms with E-state index in [0.717, 1.165) is 18.1 Å². The fourth-order valence-corrected chi connectivity index (χ4v) is 1.23. The van der Waals surface area contributed by atoms with Gasteiger partial charge in [-0.05, 0) is 24.1 Å². The van der Waals surface area contributed by atoms with Gasteiger partial charge in [-0.3, -0.25) is 0 Å². The molecular formula is C14H16O4. The van der Waals surface area contributed by atoms with Crippen LogP contribution in [0, 0.1) is 0 Å². The summed E-state index contributed by atoms with van der Waals surface area (Å²) in [6.45, 7) is 5.81. The maximum Gasteiger partial charge on any atom is 0.338 e. The highest BCUT2D eigenvalue weighted by Gasteiger charge is 2.06. The van der Waals surface area contributed by atoms with E-state index in [1.807, 2.05) is 6.92 Å². The average molecular weight is 248 g/mol. The molecular weight excluding hydrogens is 232 g/mol. The molecule has 0 unspecified atom stereocenters. The lowest BCUT2D eigenvalue weighted by molar-refractivity contribution is -0.138. The third-order valence-electron chi connectivity index (χ3n) is 2.17. The molecule has 0 aliphatic heterocycles. The van der Waals surface area contributed by atoms with Gasteiger partial charge in [0.1, 0.15) is 6.61 Å². The molecule has 96 valence electrons. The van der Waals surface area contributed by atoms with Gasteiger partial charge in [0.25, 0.3) is 0 Å². The van der Waals surface area contributed by atoms with E-state index in [1.54, 1.807) is 24.3 Å². The zero-order valence-electron chi connectivity index (χ0n) is 10.3. The summed E-state index contributed by atoms with van der Waals surface area (Å²) in [6.07, 6.45) is 1.90. The van der Waals surface area contributed by atoms with Gasteiger partial charge < -0.3 is 9.47 Å². The number of hydrogen-bond donors (Lipinski definition) is 0. The molecule has 0 aliphatic rings. The summed E-state index contributed by atoms with van der Waals surface area (Å²) in [5.41, 5.74) is 1.29. The predicted molar refractivity (Wildman–Crippen MR) is 67.0 cm³/mol. The molecule has 0 saturated carbocycles. The summed E-state index contributed by atoms with van der Waals surface area (Å²) >= 11 is 0. The van der Waals surface area contributed by atoms with E-state index in [4.69, 9.17) is 9.47 Å². The van der Waals surface area contributed by atoms with Crippen molar-refractivity contribution in [2.24, 2.45) is 0 Å². The van der Waals surface area contributed by atoms with Crippen molar-refractivity contribution in [3.05, 3.63) is 48.0 Å². The van der Waals surface area contributed by atoms with Crippen LogP contribution in [-0.2, 0) is 20.9 Å². The third-order valence-corrected chi connectivity index (χ3v) is 2.17.